The van der Waals surface area contributed by atoms with E-state index >= 15 is 0 Å². The summed E-state index contributed by atoms with van der Waals surface area (Å²) in [4.78, 5) is 111. The molecule has 0 saturated heterocycles. The number of alkyl halides is 3. The van der Waals surface area contributed by atoms with Crippen LogP contribution in [0.4, 0.5) is 18.9 Å². The average molecular weight is 758 g/mol. The average Bonchev–Trinajstić information content (AvgIpc) is 3.02. The summed E-state index contributed by atoms with van der Waals surface area (Å²) in [5, 5.41) is 38.5. The number of amides is 5. The molecule has 0 aliphatic carbocycles. The molecule has 21 heteroatoms. The molecule has 0 spiro atoms. The van der Waals surface area contributed by atoms with Crippen LogP contribution in [-0.2, 0) is 44.5 Å². The number of carboxylic acids is 3. The summed E-state index contributed by atoms with van der Waals surface area (Å²) in [6.07, 6.45) is -8.46. The van der Waals surface area contributed by atoms with Crippen molar-refractivity contribution in [2.24, 2.45) is 5.92 Å². The summed E-state index contributed by atoms with van der Waals surface area (Å²) in [5.74, 6) is -9.66. The molecule has 0 fully saturated rings. The van der Waals surface area contributed by atoms with Crippen molar-refractivity contribution >= 4 is 64.1 Å². The zero-order valence-electron chi connectivity index (χ0n) is 28.5. The van der Waals surface area contributed by atoms with Gasteiger partial charge < -0.3 is 46.3 Å². The maximum Gasteiger partial charge on any atom is 0.417 e. The van der Waals surface area contributed by atoms with Gasteiger partial charge in [0.1, 0.15) is 29.8 Å². The van der Waals surface area contributed by atoms with Gasteiger partial charge in [0.25, 0.3) is 0 Å². The Kier molecular flexibility index (Phi) is 15.5. The van der Waals surface area contributed by atoms with E-state index in [1.165, 1.54) is 0 Å². The predicted molar refractivity (Wildman–Crippen MR) is 175 cm³/mol. The number of fused-ring (bicyclic) bond motifs is 1. The van der Waals surface area contributed by atoms with Gasteiger partial charge in [-0.15, -0.1) is 0 Å². The van der Waals surface area contributed by atoms with E-state index in [1.807, 2.05) is 0 Å². The highest BCUT2D eigenvalue weighted by Crippen LogP contribution is 2.34. The Labute approximate surface area is 297 Å². The van der Waals surface area contributed by atoms with Crippen molar-refractivity contribution in [2.45, 2.75) is 89.6 Å². The zero-order valence-corrected chi connectivity index (χ0v) is 28.5. The number of rotatable bonds is 19. The second-order valence-electron chi connectivity index (χ2n) is 12.2. The highest BCUT2D eigenvalue weighted by Gasteiger charge is 2.35. The first-order valence-corrected chi connectivity index (χ1v) is 15.9. The number of hydrogen-bond acceptors (Lipinski definition) is 10. The minimum absolute atomic E-state index is 0.117. The van der Waals surface area contributed by atoms with Gasteiger partial charge in [-0.25, -0.2) is 4.79 Å². The highest BCUT2D eigenvalue weighted by molar-refractivity contribution is 6.01. The van der Waals surface area contributed by atoms with Crippen LogP contribution in [0.15, 0.2) is 33.5 Å². The van der Waals surface area contributed by atoms with Crippen LogP contribution >= 0.6 is 0 Å². The fraction of sp³-hybridized carbons (Fsp3) is 0.469. The minimum atomic E-state index is -4.94. The van der Waals surface area contributed by atoms with Crippen molar-refractivity contribution in [3.8, 4) is 0 Å². The zero-order chi connectivity index (χ0) is 40.2. The summed E-state index contributed by atoms with van der Waals surface area (Å²) in [6.45, 7) is 4.63. The number of benzene rings is 1. The topological polar surface area (TPSA) is 288 Å². The number of carboxylic acid groups (broad SMARTS) is 3. The molecule has 4 atom stereocenters. The van der Waals surface area contributed by atoms with E-state index in [1.54, 1.807) is 13.8 Å². The van der Waals surface area contributed by atoms with Gasteiger partial charge >= 0.3 is 29.7 Å². The van der Waals surface area contributed by atoms with Crippen LogP contribution in [-0.4, -0.2) is 86.9 Å². The summed E-state index contributed by atoms with van der Waals surface area (Å²) >= 11 is 0. The lowest BCUT2D eigenvalue weighted by Gasteiger charge is -2.26. The van der Waals surface area contributed by atoms with Crippen LogP contribution in [0.2, 0.25) is 0 Å². The molecule has 0 aliphatic heterocycles. The van der Waals surface area contributed by atoms with Crippen LogP contribution in [0, 0.1) is 5.92 Å². The standard InChI is InChI=1S/C32H38F3N5O13/c1-14(2)10-21(36-15(3)41)31(52)39-19(6-8-24(42)43)28(49)38-20(7-9-25(44)45)29(50)40-22(13-26(46)47)30(51)37-16-4-5-17-18(32(33,34)35)12-27(48)53-23(17)11-16/h4-5,11-12,14,19-22H,6-10,13H2,1-3H3,(H,36,41)(H,37,51)(H,38,49)(H,39,52)(H,40,50)(H,42,43)(H,44,45)(H,46,47)/t19-,20-,21-,22-/m0/s1. The monoisotopic (exact) mass is 757 g/mol. The number of carbonyl (C=O) groups is 8. The molecule has 2 aromatic rings. The summed E-state index contributed by atoms with van der Waals surface area (Å²) in [6, 6.07) is -3.58. The first-order valence-electron chi connectivity index (χ1n) is 15.9. The quantitative estimate of drug-likeness (QED) is 0.0928. The minimum Gasteiger partial charge on any atom is -0.481 e. The van der Waals surface area contributed by atoms with Gasteiger partial charge in [-0.05, 0) is 37.3 Å². The Bertz CT molecular complexity index is 1790. The third kappa shape index (κ3) is 14.3. The molecule has 0 aliphatic rings. The van der Waals surface area contributed by atoms with Crippen molar-refractivity contribution < 1.29 is 71.3 Å². The van der Waals surface area contributed by atoms with Crippen LogP contribution in [0.25, 0.3) is 11.0 Å². The normalized spacial score (nSPS) is 13.6. The molecule has 53 heavy (non-hydrogen) atoms. The van der Waals surface area contributed by atoms with Crippen LogP contribution < -0.4 is 32.2 Å². The molecule has 8 N–H and O–H groups in total. The molecule has 290 valence electrons. The van der Waals surface area contributed by atoms with Crippen molar-refractivity contribution in [1.82, 2.24) is 21.3 Å². The smallest absolute Gasteiger partial charge is 0.417 e. The van der Waals surface area contributed by atoms with E-state index in [0.717, 1.165) is 25.1 Å². The number of hydrogen-bond donors (Lipinski definition) is 8. The highest BCUT2D eigenvalue weighted by atomic mass is 19.4. The van der Waals surface area contributed by atoms with Gasteiger partial charge in [-0.2, -0.15) is 13.2 Å². The van der Waals surface area contributed by atoms with Gasteiger partial charge in [0, 0.05) is 43.0 Å². The Morgan fingerprint density at radius 2 is 1.23 bits per heavy atom. The number of aliphatic carboxylic acids is 3. The maximum absolute atomic E-state index is 13.4. The van der Waals surface area contributed by atoms with E-state index < -0.39 is 132 Å². The number of halogens is 3. The van der Waals surface area contributed by atoms with Crippen molar-refractivity contribution in [3.63, 3.8) is 0 Å². The lowest BCUT2D eigenvalue weighted by atomic mass is 10.0. The molecular formula is C32H38F3N5O13. The SMILES string of the molecule is CC(=O)N[C@@H](CC(C)C)C(=O)N[C@@H](CCC(=O)O)C(=O)N[C@@H](CCC(=O)O)C(=O)N[C@@H](CC(=O)O)C(=O)Nc1ccc2c(C(F)(F)F)cc(=O)oc2c1. The molecular weight excluding hydrogens is 719 g/mol. The van der Waals surface area contributed by atoms with Crippen LogP contribution in [0.1, 0.15) is 64.9 Å². The van der Waals surface area contributed by atoms with Crippen molar-refractivity contribution in [2.75, 3.05) is 5.32 Å². The molecule has 1 aromatic heterocycles. The van der Waals surface area contributed by atoms with E-state index in [2.05, 4.69) is 26.6 Å². The lowest BCUT2D eigenvalue weighted by Crippen LogP contribution is -2.58. The molecule has 0 radical (unpaired) electrons. The Morgan fingerprint density at radius 1 is 0.717 bits per heavy atom. The summed E-state index contributed by atoms with van der Waals surface area (Å²) < 4.78 is 45.1. The fourth-order valence-electron chi connectivity index (χ4n) is 4.93. The molecule has 5 amide bonds. The summed E-state index contributed by atoms with van der Waals surface area (Å²) in [7, 11) is 0. The molecule has 18 nitrogen and oxygen atoms in total. The van der Waals surface area contributed by atoms with Gasteiger partial charge in [0.2, 0.25) is 29.5 Å². The van der Waals surface area contributed by atoms with Gasteiger partial charge in [-0.1, -0.05) is 13.8 Å². The van der Waals surface area contributed by atoms with E-state index in [4.69, 9.17) is 4.42 Å². The fourth-order valence-corrected chi connectivity index (χ4v) is 4.93. The van der Waals surface area contributed by atoms with E-state index in [0.29, 0.717) is 0 Å². The maximum atomic E-state index is 13.4. The first-order chi connectivity index (χ1) is 24.6. The van der Waals surface area contributed by atoms with Crippen LogP contribution in [0.3, 0.4) is 0 Å². The van der Waals surface area contributed by atoms with Crippen LogP contribution in [0.5, 0.6) is 0 Å². The van der Waals surface area contributed by atoms with Crippen molar-refractivity contribution in [3.05, 3.63) is 40.2 Å². The molecule has 1 heterocycles. The number of carbonyl (C=O) groups excluding carboxylic acids is 5. The molecule has 0 saturated carbocycles. The predicted octanol–water partition coefficient (Wildman–Crippen LogP) is 0.960. The molecule has 2 rings (SSSR count). The Balaban J connectivity index is 2.36. The summed E-state index contributed by atoms with van der Waals surface area (Å²) in [5.41, 5.74) is -3.54. The van der Waals surface area contributed by atoms with Gasteiger partial charge in [0.15, 0.2) is 0 Å². The second-order valence-corrected chi connectivity index (χ2v) is 12.2. The van der Waals surface area contributed by atoms with E-state index in [-0.39, 0.29) is 24.1 Å². The Hall–Kier alpha value is -6.02. The lowest BCUT2D eigenvalue weighted by molar-refractivity contribution is -0.141. The number of nitrogens with one attached hydrogen (secondary N) is 5. The van der Waals surface area contributed by atoms with Crippen molar-refractivity contribution in [1.29, 1.82) is 0 Å². The third-order valence-corrected chi connectivity index (χ3v) is 7.29. The molecule has 0 bridgehead atoms. The second kappa shape index (κ2) is 19.0. The third-order valence-electron chi connectivity index (χ3n) is 7.29. The number of anilines is 1. The first kappa shape index (κ1) is 43.1. The molecule has 0 unspecified atom stereocenters. The van der Waals surface area contributed by atoms with Gasteiger partial charge in [-0.3, -0.25) is 38.4 Å². The Morgan fingerprint density at radius 3 is 1.68 bits per heavy atom. The van der Waals surface area contributed by atoms with E-state index in [9.17, 15) is 71.6 Å². The largest absolute Gasteiger partial charge is 0.481 e. The molecule has 1 aromatic carbocycles. The van der Waals surface area contributed by atoms with Gasteiger partial charge in [0.05, 0.1) is 12.0 Å².